The molecule has 0 aliphatic rings. The summed E-state index contributed by atoms with van der Waals surface area (Å²) in [5.41, 5.74) is 0.668. The van der Waals surface area contributed by atoms with E-state index in [4.69, 9.17) is 0 Å². The van der Waals surface area contributed by atoms with Crippen LogP contribution in [-0.4, -0.2) is 21.3 Å². The average molecular weight is 359 g/mol. The van der Waals surface area contributed by atoms with Crippen LogP contribution in [0.3, 0.4) is 0 Å². The van der Waals surface area contributed by atoms with Gasteiger partial charge in [-0.1, -0.05) is 13.0 Å². The summed E-state index contributed by atoms with van der Waals surface area (Å²) in [6, 6.07) is 2.56. The molecule has 1 atom stereocenters. The van der Waals surface area contributed by atoms with Gasteiger partial charge < -0.3 is 5.32 Å². The number of nitrogens with one attached hydrogen (secondary N) is 1. The van der Waals surface area contributed by atoms with Crippen LogP contribution in [0.1, 0.15) is 31.3 Å². The first-order valence-electron chi connectivity index (χ1n) is 6.81. The second kappa shape index (κ2) is 7.09. The molecule has 1 heterocycles. The monoisotopic (exact) mass is 358 g/mol. The Hall–Kier alpha value is -1.34. The quantitative estimate of drug-likeness (QED) is 0.806. The highest BCUT2D eigenvalue weighted by Crippen LogP contribution is 2.29. The van der Waals surface area contributed by atoms with Crippen molar-refractivity contribution in [1.29, 1.82) is 0 Å². The Bertz CT molecular complexity index is 615. The van der Waals surface area contributed by atoms with Crippen molar-refractivity contribution in [3.63, 3.8) is 0 Å². The number of nitrogens with zero attached hydrogens (tertiary/aromatic N) is 3. The summed E-state index contributed by atoms with van der Waals surface area (Å²) < 4.78 is 28.9. The van der Waals surface area contributed by atoms with Gasteiger partial charge in [0.15, 0.2) is 11.6 Å². The standard InChI is InChI=1S/C14H17BrF2N4/c1-3-18-11(7-12-19-8-20-21(12)4-2)9-5-6-10(16)14(17)13(9)15/h5-6,8,11,18H,3-4,7H2,1-2H3. The zero-order chi connectivity index (χ0) is 15.4. The minimum absolute atomic E-state index is 0.149. The smallest absolute Gasteiger partial charge is 0.173 e. The van der Waals surface area contributed by atoms with Gasteiger partial charge in [-0.3, -0.25) is 4.68 Å². The van der Waals surface area contributed by atoms with Crippen molar-refractivity contribution < 1.29 is 8.78 Å². The van der Waals surface area contributed by atoms with E-state index in [0.29, 0.717) is 25.1 Å². The molecule has 21 heavy (non-hydrogen) atoms. The molecule has 1 N–H and O–H groups in total. The van der Waals surface area contributed by atoms with E-state index in [1.54, 1.807) is 10.7 Å². The van der Waals surface area contributed by atoms with Crippen LogP contribution >= 0.6 is 15.9 Å². The van der Waals surface area contributed by atoms with Crippen molar-refractivity contribution >= 4 is 15.9 Å². The van der Waals surface area contributed by atoms with E-state index in [-0.39, 0.29) is 10.5 Å². The Morgan fingerprint density at radius 1 is 1.33 bits per heavy atom. The number of aromatic nitrogens is 3. The maximum Gasteiger partial charge on any atom is 0.173 e. The Kier molecular flexibility index (Phi) is 5.41. The third-order valence-corrected chi connectivity index (χ3v) is 4.08. The van der Waals surface area contributed by atoms with E-state index in [1.807, 2.05) is 13.8 Å². The van der Waals surface area contributed by atoms with Crippen molar-refractivity contribution in [3.05, 3.63) is 46.0 Å². The molecule has 0 fully saturated rings. The van der Waals surface area contributed by atoms with Crippen LogP contribution in [0, 0.1) is 11.6 Å². The van der Waals surface area contributed by atoms with Crippen LogP contribution in [0.15, 0.2) is 22.9 Å². The highest BCUT2D eigenvalue weighted by Gasteiger charge is 2.20. The molecule has 0 bridgehead atoms. The van der Waals surface area contributed by atoms with Gasteiger partial charge in [-0.05, 0) is 41.0 Å². The predicted molar refractivity (Wildman–Crippen MR) is 79.9 cm³/mol. The Balaban J connectivity index is 2.33. The normalized spacial score (nSPS) is 12.6. The van der Waals surface area contributed by atoms with Crippen LogP contribution in [0.25, 0.3) is 0 Å². The molecule has 2 aromatic rings. The molecule has 0 spiro atoms. The summed E-state index contributed by atoms with van der Waals surface area (Å²) in [4.78, 5) is 4.23. The fourth-order valence-corrected chi connectivity index (χ4v) is 2.84. The van der Waals surface area contributed by atoms with E-state index in [9.17, 15) is 8.78 Å². The molecule has 0 aliphatic heterocycles. The van der Waals surface area contributed by atoms with Crippen molar-refractivity contribution in [2.75, 3.05) is 6.54 Å². The summed E-state index contributed by atoms with van der Waals surface area (Å²) in [5, 5.41) is 7.40. The first kappa shape index (κ1) is 16.0. The van der Waals surface area contributed by atoms with E-state index in [0.717, 1.165) is 11.9 Å². The molecule has 2 rings (SSSR count). The van der Waals surface area contributed by atoms with E-state index in [2.05, 4.69) is 31.3 Å². The molecule has 1 unspecified atom stereocenters. The fourth-order valence-electron chi connectivity index (χ4n) is 2.24. The topological polar surface area (TPSA) is 42.7 Å². The second-order valence-electron chi connectivity index (χ2n) is 4.57. The van der Waals surface area contributed by atoms with E-state index >= 15 is 0 Å². The Morgan fingerprint density at radius 2 is 2.10 bits per heavy atom. The first-order valence-corrected chi connectivity index (χ1v) is 7.61. The summed E-state index contributed by atoms with van der Waals surface area (Å²) >= 11 is 3.14. The minimum atomic E-state index is -0.868. The molecule has 7 heteroatoms. The lowest BCUT2D eigenvalue weighted by atomic mass is 10.0. The lowest BCUT2D eigenvalue weighted by Crippen LogP contribution is -2.25. The molecule has 0 aliphatic carbocycles. The highest BCUT2D eigenvalue weighted by molar-refractivity contribution is 9.10. The number of benzene rings is 1. The fraction of sp³-hybridized carbons (Fsp3) is 0.429. The molecule has 1 aromatic heterocycles. The third-order valence-electron chi connectivity index (χ3n) is 3.27. The first-order chi connectivity index (χ1) is 10.1. The summed E-state index contributed by atoms with van der Waals surface area (Å²) in [6.45, 7) is 5.36. The van der Waals surface area contributed by atoms with Gasteiger partial charge in [0.25, 0.3) is 0 Å². The molecular formula is C14H17BrF2N4. The summed E-state index contributed by atoms with van der Waals surface area (Å²) in [5.74, 6) is -0.926. The van der Waals surface area contributed by atoms with Gasteiger partial charge in [-0.15, -0.1) is 0 Å². The minimum Gasteiger partial charge on any atom is -0.310 e. The molecule has 0 saturated carbocycles. The lowest BCUT2D eigenvalue weighted by Gasteiger charge is -2.20. The molecular weight excluding hydrogens is 342 g/mol. The van der Waals surface area contributed by atoms with Crippen LogP contribution in [-0.2, 0) is 13.0 Å². The number of hydrogen-bond donors (Lipinski definition) is 1. The van der Waals surface area contributed by atoms with E-state index < -0.39 is 11.6 Å². The molecule has 0 radical (unpaired) electrons. The van der Waals surface area contributed by atoms with Gasteiger partial charge >= 0.3 is 0 Å². The average Bonchev–Trinajstić information content (AvgIpc) is 2.92. The van der Waals surface area contributed by atoms with Gasteiger partial charge in [0.2, 0.25) is 0 Å². The summed E-state index contributed by atoms with van der Waals surface area (Å²) in [7, 11) is 0. The number of aryl methyl sites for hydroxylation is 1. The number of hydrogen-bond acceptors (Lipinski definition) is 3. The molecule has 0 saturated heterocycles. The zero-order valence-corrected chi connectivity index (χ0v) is 13.5. The molecule has 114 valence electrons. The van der Waals surface area contributed by atoms with Crippen LogP contribution in [0.4, 0.5) is 8.78 Å². The SMILES string of the molecule is CCNC(Cc1ncnn1CC)c1ccc(F)c(F)c1Br. The van der Waals surface area contributed by atoms with Crippen LogP contribution in [0.5, 0.6) is 0 Å². The number of rotatable bonds is 6. The maximum atomic E-state index is 13.7. The molecule has 4 nitrogen and oxygen atoms in total. The Labute approximate surface area is 130 Å². The largest absolute Gasteiger partial charge is 0.310 e. The van der Waals surface area contributed by atoms with Gasteiger partial charge in [0.1, 0.15) is 12.2 Å². The predicted octanol–water partition coefficient (Wildman–Crippen LogP) is 3.23. The molecule has 1 aromatic carbocycles. The van der Waals surface area contributed by atoms with Gasteiger partial charge in [-0.2, -0.15) is 5.10 Å². The molecule has 0 amide bonds. The van der Waals surface area contributed by atoms with E-state index in [1.165, 1.54) is 6.33 Å². The van der Waals surface area contributed by atoms with Crippen molar-refractivity contribution in [2.45, 2.75) is 32.9 Å². The Morgan fingerprint density at radius 3 is 2.76 bits per heavy atom. The lowest BCUT2D eigenvalue weighted by molar-refractivity contribution is 0.482. The van der Waals surface area contributed by atoms with Crippen molar-refractivity contribution in [2.24, 2.45) is 0 Å². The summed E-state index contributed by atoms with van der Waals surface area (Å²) in [6.07, 6.45) is 2.05. The van der Waals surface area contributed by atoms with Gasteiger partial charge in [0, 0.05) is 19.0 Å². The third kappa shape index (κ3) is 3.47. The number of halogens is 3. The van der Waals surface area contributed by atoms with Crippen molar-refractivity contribution in [3.8, 4) is 0 Å². The highest BCUT2D eigenvalue weighted by atomic mass is 79.9. The number of likely N-dealkylation sites (N-methyl/N-ethyl adjacent to an activating group) is 1. The maximum absolute atomic E-state index is 13.7. The van der Waals surface area contributed by atoms with Crippen molar-refractivity contribution in [1.82, 2.24) is 20.1 Å². The van der Waals surface area contributed by atoms with Crippen LogP contribution in [0.2, 0.25) is 0 Å². The van der Waals surface area contributed by atoms with Gasteiger partial charge in [-0.25, -0.2) is 13.8 Å². The van der Waals surface area contributed by atoms with Crippen LogP contribution < -0.4 is 5.32 Å². The zero-order valence-electron chi connectivity index (χ0n) is 11.9. The van der Waals surface area contributed by atoms with Gasteiger partial charge in [0.05, 0.1) is 4.47 Å². The second-order valence-corrected chi connectivity index (χ2v) is 5.36.